The zero-order valence-corrected chi connectivity index (χ0v) is 9.76. The average molecular weight is 262 g/mol. The maximum absolute atomic E-state index is 12.1. The molecule has 1 saturated heterocycles. The highest BCUT2D eigenvalue weighted by Gasteiger charge is 2.34. The van der Waals surface area contributed by atoms with Gasteiger partial charge in [0.1, 0.15) is 5.65 Å². The summed E-state index contributed by atoms with van der Waals surface area (Å²) in [5.41, 5.74) is -0.933. The molecular formula is C11H10N4O4. The second kappa shape index (κ2) is 4.02. The number of hydrogen-bond acceptors (Lipinski definition) is 6. The number of nitro groups is 1. The molecule has 0 spiro atoms. The molecule has 0 radical (unpaired) electrons. The van der Waals surface area contributed by atoms with Crippen molar-refractivity contribution in [3.05, 3.63) is 44.9 Å². The van der Waals surface area contributed by atoms with Gasteiger partial charge in [0.25, 0.3) is 0 Å². The lowest BCUT2D eigenvalue weighted by atomic mass is 10.1. The van der Waals surface area contributed by atoms with Gasteiger partial charge >= 0.3 is 11.2 Å². The first-order valence-corrected chi connectivity index (χ1v) is 5.66. The molecule has 0 aromatic carbocycles. The number of anilines is 1. The summed E-state index contributed by atoms with van der Waals surface area (Å²) in [5, 5.41) is 20.3. The van der Waals surface area contributed by atoms with Gasteiger partial charge in [-0.15, -0.1) is 0 Å². The lowest BCUT2D eigenvalue weighted by molar-refractivity contribution is -0.385. The average Bonchev–Trinajstić information content (AvgIpc) is 2.34. The molecule has 1 aliphatic rings. The van der Waals surface area contributed by atoms with E-state index in [0.717, 1.165) is 4.40 Å². The van der Waals surface area contributed by atoms with Crippen molar-refractivity contribution < 1.29 is 10.0 Å². The maximum atomic E-state index is 12.1. The molecule has 2 aromatic rings. The summed E-state index contributed by atoms with van der Waals surface area (Å²) in [7, 11) is 0. The van der Waals surface area contributed by atoms with Gasteiger partial charge in [0.15, 0.2) is 0 Å². The minimum atomic E-state index is -0.727. The largest absolute Gasteiger partial charge is 0.389 e. The number of aromatic nitrogens is 2. The number of rotatable bonds is 2. The SMILES string of the molecule is O=c1c([N+](=O)[O-])c(N2CC(O)C2)nc2ccccn12. The topological polar surface area (TPSA) is 101 Å². The molecule has 3 heterocycles. The molecule has 0 atom stereocenters. The molecule has 0 amide bonds. The standard InChI is InChI=1S/C11H10N4O4/c16-7-5-13(6-7)10-9(15(18)19)11(17)14-4-2-1-3-8(14)12-10/h1-4,7,16H,5-6H2. The summed E-state index contributed by atoms with van der Waals surface area (Å²) in [5.74, 6) is 0.0199. The van der Waals surface area contributed by atoms with Gasteiger partial charge in [-0.2, -0.15) is 0 Å². The normalized spacial score (nSPS) is 15.5. The number of aliphatic hydroxyl groups excluding tert-OH is 1. The number of aliphatic hydroxyl groups is 1. The highest BCUT2D eigenvalue weighted by atomic mass is 16.6. The van der Waals surface area contributed by atoms with E-state index in [-0.39, 0.29) is 18.9 Å². The van der Waals surface area contributed by atoms with Crippen molar-refractivity contribution in [2.75, 3.05) is 18.0 Å². The Bertz CT molecular complexity index is 720. The molecule has 1 aliphatic heterocycles. The molecular weight excluding hydrogens is 252 g/mol. The molecule has 1 fully saturated rings. The van der Waals surface area contributed by atoms with Crippen molar-refractivity contribution in [2.45, 2.75) is 6.10 Å². The van der Waals surface area contributed by atoms with Crippen LogP contribution in [0, 0.1) is 10.1 Å². The van der Waals surface area contributed by atoms with E-state index in [1.165, 1.54) is 11.1 Å². The van der Waals surface area contributed by atoms with Gasteiger partial charge in [0.05, 0.1) is 11.0 Å². The van der Waals surface area contributed by atoms with E-state index in [9.17, 15) is 20.0 Å². The van der Waals surface area contributed by atoms with Crippen LogP contribution in [-0.4, -0.2) is 38.6 Å². The molecule has 0 bridgehead atoms. The fraction of sp³-hybridized carbons (Fsp3) is 0.273. The van der Waals surface area contributed by atoms with Gasteiger partial charge in [-0.3, -0.25) is 19.3 Å². The molecule has 19 heavy (non-hydrogen) atoms. The van der Waals surface area contributed by atoms with Crippen LogP contribution in [0.2, 0.25) is 0 Å². The van der Waals surface area contributed by atoms with Crippen molar-refractivity contribution in [1.82, 2.24) is 9.38 Å². The molecule has 8 heteroatoms. The predicted molar refractivity (Wildman–Crippen MR) is 66.3 cm³/mol. The van der Waals surface area contributed by atoms with E-state index in [2.05, 4.69) is 4.98 Å². The van der Waals surface area contributed by atoms with Crippen LogP contribution in [-0.2, 0) is 0 Å². The first-order valence-electron chi connectivity index (χ1n) is 5.66. The molecule has 2 aromatic heterocycles. The van der Waals surface area contributed by atoms with Gasteiger partial charge in [0.2, 0.25) is 5.82 Å². The Morgan fingerprint density at radius 3 is 2.79 bits per heavy atom. The number of hydrogen-bond donors (Lipinski definition) is 1. The van der Waals surface area contributed by atoms with Crippen LogP contribution < -0.4 is 10.5 Å². The van der Waals surface area contributed by atoms with Crippen molar-refractivity contribution in [1.29, 1.82) is 0 Å². The summed E-state index contributed by atoms with van der Waals surface area (Å²) >= 11 is 0. The van der Waals surface area contributed by atoms with Crippen LogP contribution in [0.15, 0.2) is 29.2 Å². The van der Waals surface area contributed by atoms with Gasteiger partial charge in [0, 0.05) is 19.3 Å². The molecule has 1 N–H and O–H groups in total. The second-order valence-corrected chi connectivity index (χ2v) is 4.33. The predicted octanol–water partition coefficient (Wildman–Crippen LogP) is -0.216. The van der Waals surface area contributed by atoms with Crippen LogP contribution in [0.25, 0.3) is 5.65 Å². The van der Waals surface area contributed by atoms with Crippen molar-refractivity contribution in [2.24, 2.45) is 0 Å². The van der Waals surface area contributed by atoms with E-state index >= 15 is 0 Å². The highest BCUT2D eigenvalue weighted by Crippen LogP contribution is 2.26. The third-order valence-corrected chi connectivity index (χ3v) is 3.04. The molecule has 0 aliphatic carbocycles. The molecule has 0 unspecified atom stereocenters. The van der Waals surface area contributed by atoms with Crippen LogP contribution in [0.4, 0.5) is 11.5 Å². The van der Waals surface area contributed by atoms with Gasteiger partial charge < -0.3 is 10.0 Å². The van der Waals surface area contributed by atoms with E-state index in [1.807, 2.05) is 0 Å². The van der Waals surface area contributed by atoms with Crippen molar-refractivity contribution >= 4 is 17.2 Å². The number of fused-ring (bicyclic) bond motifs is 1. The zero-order chi connectivity index (χ0) is 13.6. The molecule has 8 nitrogen and oxygen atoms in total. The van der Waals surface area contributed by atoms with E-state index in [1.54, 1.807) is 18.2 Å². The van der Waals surface area contributed by atoms with Crippen molar-refractivity contribution in [3.63, 3.8) is 0 Å². The van der Waals surface area contributed by atoms with Gasteiger partial charge in [-0.05, 0) is 12.1 Å². The lowest BCUT2D eigenvalue weighted by Crippen LogP contribution is -2.51. The third-order valence-electron chi connectivity index (χ3n) is 3.04. The minimum absolute atomic E-state index is 0.0199. The van der Waals surface area contributed by atoms with E-state index in [0.29, 0.717) is 5.65 Å². The summed E-state index contributed by atoms with van der Waals surface area (Å²) in [6.45, 7) is 0.493. The van der Waals surface area contributed by atoms with Crippen LogP contribution in [0.5, 0.6) is 0 Å². The van der Waals surface area contributed by atoms with Crippen LogP contribution in [0.3, 0.4) is 0 Å². The Morgan fingerprint density at radius 1 is 1.42 bits per heavy atom. The summed E-state index contributed by atoms with van der Waals surface area (Å²) in [6.07, 6.45) is 0.905. The molecule has 3 rings (SSSR count). The first-order chi connectivity index (χ1) is 9.08. The number of pyridine rings is 1. The summed E-state index contributed by atoms with van der Waals surface area (Å²) in [6, 6.07) is 4.90. The Morgan fingerprint density at radius 2 is 2.16 bits per heavy atom. The Labute approximate surface area is 106 Å². The second-order valence-electron chi connectivity index (χ2n) is 4.33. The Balaban J connectivity index is 2.27. The quantitative estimate of drug-likeness (QED) is 0.593. The summed E-state index contributed by atoms with van der Waals surface area (Å²) in [4.78, 5) is 28.1. The van der Waals surface area contributed by atoms with Crippen LogP contribution >= 0.6 is 0 Å². The van der Waals surface area contributed by atoms with E-state index in [4.69, 9.17) is 0 Å². The Kier molecular flexibility index (Phi) is 2.46. The third kappa shape index (κ3) is 1.73. The van der Waals surface area contributed by atoms with Crippen LogP contribution in [0.1, 0.15) is 0 Å². The maximum Gasteiger partial charge on any atom is 0.376 e. The smallest absolute Gasteiger partial charge is 0.376 e. The fourth-order valence-electron chi connectivity index (χ4n) is 2.08. The van der Waals surface area contributed by atoms with Crippen molar-refractivity contribution in [3.8, 4) is 0 Å². The molecule has 0 saturated carbocycles. The zero-order valence-electron chi connectivity index (χ0n) is 9.76. The van der Waals surface area contributed by atoms with Gasteiger partial charge in [-0.1, -0.05) is 6.07 Å². The monoisotopic (exact) mass is 262 g/mol. The lowest BCUT2D eigenvalue weighted by Gasteiger charge is -2.36. The Hall–Kier alpha value is -2.48. The first kappa shape index (κ1) is 11.6. The van der Waals surface area contributed by atoms with Gasteiger partial charge in [-0.25, -0.2) is 4.98 Å². The molecule has 98 valence electrons. The minimum Gasteiger partial charge on any atom is -0.389 e. The fourth-order valence-corrected chi connectivity index (χ4v) is 2.08. The number of nitrogens with zero attached hydrogens (tertiary/aromatic N) is 4. The highest BCUT2D eigenvalue weighted by molar-refractivity contribution is 5.62. The summed E-state index contributed by atoms with van der Waals surface area (Å²) < 4.78 is 1.14. The number of β-amino-alcohol motifs (C(OH)–C–C–N with tert-alkyl or cyclic N) is 1. The van der Waals surface area contributed by atoms with E-state index < -0.39 is 22.3 Å².